The summed E-state index contributed by atoms with van der Waals surface area (Å²) in [6, 6.07) is 23.6. The molecule has 0 atom stereocenters. The van der Waals surface area contributed by atoms with E-state index in [0.29, 0.717) is 0 Å². The lowest BCUT2D eigenvalue weighted by Gasteiger charge is -2.08. The van der Waals surface area contributed by atoms with Crippen LogP contribution in [0.2, 0.25) is 0 Å². The third-order valence-corrected chi connectivity index (χ3v) is 9.66. The molecule has 0 bridgehead atoms. The fraction of sp³-hybridized carbons (Fsp3) is 0.333. The van der Waals surface area contributed by atoms with Crippen LogP contribution in [0.5, 0.6) is 0 Å². The van der Waals surface area contributed by atoms with E-state index in [4.69, 9.17) is 0 Å². The SMILES string of the molecule is CCCCCCCCCCCc1cc2cc3ccc4c5cc6sccc6cc5ccc4c3cc2s1. The summed E-state index contributed by atoms with van der Waals surface area (Å²) in [5, 5.41) is 13.2. The van der Waals surface area contributed by atoms with Crippen molar-refractivity contribution < 1.29 is 0 Å². The van der Waals surface area contributed by atoms with Gasteiger partial charge in [0.1, 0.15) is 0 Å². The minimum Gasteiger partial charge on any atom is -0.144 e. The summed E-state index contributed by atoms with van der Waals surface area (Å²) < 4.78 is 2.81. The zero-order valence-corrected chi connectivity index (χ0v) is 22.4. The molecule has 4 aromatic carbocycles. The molecule has 0 N–H and O–H groups in total. The molecule has 6 rings (SSSR count). The standard InChI is InChI=1S/C33H34S2/c1-2-3-4-5-6-7-8-9-10-11-27-20-26-19-24-13-15-28-29(31(24)22-33(26)35-27)14-12-23-18-25-16-17-34-32(25)21-30(23)28/h12-22H,2-11H2,1H3. The molecule has 0 radical (unpaired) electrons. The third kappa shape index (κ3) is 4.71. The Morgan fingerprint density at radius 3 is 1.86 bits per heavy atom. The van der Waals surface area contributed by atoms with E-state index in [9.17, 15) is 0 Å². The van der Waals surface area contributed by atoms with Crippen molar-refractivity contribution >= 4 is 75.2 Å². The van der Waals surface area contributed by atoms with Crippen molar-refractivity contribution in [2.75, 3.05) is 0 Å². The van der Waals surface area contributed by atoms with E-state index < -0.39 is 0 Å². The summed E-state index contributed by atoms with van der Waals surface area (Å²) in [6.45, 7) is 2.29. The number of benzene rings is 4. The predicted molar refractivity (Wildman–Crippen MR) is 161 cm³/mol. The molecule has 6 aromatic rings. The Morgan fingerprint density at radius 2 is 1.14 bits per heavy atom. The van der Waals surface area contributed by atoms with Crippen molar-refractivity contribution in [2.45, 2.75) is 71.1 Å². The van der Waals surface area contributed by atoms with Crippen LogP contribution in [0.25, 0.3) is 52.5 Å². The summed E-state index contributed by atoms with van der Waals surface area (Å²) in [4.78, 5) is 1.55. The van der Waals surface area contributed by atoms with Gasteiger partial charge < -0.3 is 0 Å². The number of fused-ring (bicyclic) bond motifs is 7. The lowest BCUT2D eigenvalue weighted by molar-refractivity contribution is 0.565. The first kappa shape index (κ1) is 23.0. The van der Waals surface area contributed by atoms with Gasteiger partial charge in [-0.25, -0.2) is 0 Å². The van der Waals surface area contributed by atoms with Gasteiger partial charge in [-0.15, -0.1) is 22.7 Å². The van der Waals surface area contributed by atoms with Crippen molar-refractivity contribution in [3.8, 4) is 0 Å². The maximum absolute atomic E-state index is 2.45. The van der Waals surface area contributed by atoms with Crippen LogP contribution in [0.4, 0.5) is 0 Å². The Morgan fingerprint density at radius 1 is 0.514 bits per heavy atom. The molecule has 0 aliphatic heterocycles. The van der Waals surface area contributed by atoms with Gasteiger partial charge in [0.25, 0.3) is 0 Å². The molecule has 0 aliphatic carbocycles. The summed E-state index contributed by atoms with van der Waals surface area (Å²) in [7, 11) is 0. The molecule has 0 fully saturated rings. The van der Waals surface area contributed by atoms with Crippen LogP contribution in [0.3, 0.4) is 0 Å². The van der Waals surface area contributed by atoms with Gasteiger partial charge in [-0.3, -0.25) is 0 Å². The van der Waals surface area contributed by atoms with E-state index in [1.165, 1.54) is 117 Å². The van der Waals surface area contributed by atoms with E-state index >= 15 is 0 Å². The molecule has 0 saturated heterocycles. The average molecular weight is 495 g/mol. The van der Waals surface area contributed by atoms with E-state index in [0.717, 1.165) is 0 Å². The molecule has 2 heterocycles. The molecular formula is C33H34S2. The lowest BCUT2D eigenvalue weighted by Crippen LogP contribution is -1.83. The first-order chi connectivity index (χ1) is 17.3. The van der Waals surface area contributed by atoms with Gasteiger partial charge in [0.2, 0.25) is 0 Å². The minimum absolute atomic E-state index is 1.23. The molecular weight excluding hydrogens is 460 g/mol. The number of hydrogen-bond donors (Lipinski definition) is 0. The average Bonchev–Trinajstić information content (AvgIpc) is 3.50. The smallest absolute Gasteiger partial charge is 0.0352 e. The van der Waals surface area contributed by atoms with Gasteiger partial charge in [-0.05, 0) is 97.7 Å². The second kappa shape index (κ2) is 10.3. The van der Waals surface area contributed by atoms with Crippen LogP contribution in [0.1, 0.15) is 69.6 Å². The quantitative estimate of drug-likeness (QED) is 0.131. The van der Waals surface area contributed by atoms with Crippen LogP contribution < -0.4 is 0 Å². The normalized spacial score (nSPS) is 12.1. The van der Waals surface area contributed by atoms with E-state index in [1.54, 1.807) is 4.88 Å². The second-order valence-corrected chi connectivity index (χ2v) is 12.3. The number of aryl methyl sites for hydroxylation is 1. The van der Waals surface area contributed by atoms with Gasteiger partial charge in [-0.1, -0.05) is 82.6 Å². The van der Waals surface area contributed by atoms with Gasteiger partial charge in [0, 0.05) is 14.3 Å². The second-order valence-electron chi connectivity index (χ2n) is 10.2. The highest BCUT2D eigenvalue weighted by Crippen LogP contribution is 2.38. The Bertz CT molecular complexity index is 1610. The number of thiophene rings is 2. The highest BCUT2D eigenvalue weighted by molar-refractivity contribution is 7.19. The maximum Gasteiger partial charge on any atom is 0.0352 e. The molecule has 2 aromatic heterocycles. The molecule has 2 heteroatoms. The largest absolute Gasteiger partial charge is 0.144 e. The molecule has 35 heavy (non-hydrogen) atoms. The highest BCUT2D eigenvalue weighted by Gasteiger charge is 2.10. The summed E-state index contributed by atoms with van der Waals surface area (Å²) in [6.07, 6.45) is 13.8. The van der Waals surface area contributed by atoms with E-state index in [-0.39, 0.29) is 0 Å². The summed E-state index contributed by atoms with van der Waals surface area (Å²) in [5.74, 6) is 0. The lowest BCUT2D eigenvalue weighted by atomic mass is 9.96. The zero-order valence-electron chi connectivity index (χ0n) is 20.7. The van der Waals surface area contributed by atoms with Gasteiger partial charge in [0.05, 0.1) is 0 Å². The number of unbranched alkanes of at least 4 members (excludes halogenated alkanes) is 8. The first-order valence-electron chi connectivity index (χ1n) is 13.5. The maximum atomic E-state index is 2.45. The Hall–Kier alpha value is -2.42. The van der Waals surface area contributed by atoms with Crippen LogP contribution >= 0.6 is 22.7 Å². The minimum atomic E-state index is 1.23. The highest BCUT2D eigenvalue weighted by atomic mass is 32.1. The van der Waals surface area contributed by atoms with Crippen LogP contribution in [-0.4, -0.2) is 0 Å². The monoisotopic (exact) mass is 494 g/mol. The van der Waals surface area contributed by atoms with E-state index in [2.05, 4.69) is 73.0 Å². The Kier molecular flexibility index (Phi) is 6.76. The molecule has 0 aliphatic rings. The number of rotatable bonds is 10. The van der Waals surface area contributed by atoms with Crippen molar-refractivity contribution in [3.63, 3.8) is 0 Å². The summed E-state index contributed by atoms with van der Waals surface area (Å²) in [5.41, 5.74) is 0. The van der Waals surface area contributed by atoms with Crippen molar-refractivity contribution in [1.82, 2.24) is 0 Å². The topological polar surface area (TPSA) is 0 Å². The third-order valence-electron chi connectivity index (χ3n) is 7.62. The van der Waals surface area contributed by atoms with Gasteiger partial charge in [0.15, 0.2) is 0 Å². The zero-order chi connectivity index (χ0) is 23.6. The predicted octanol–water partition coefficient (Wildman–Crippen LogP) is 11.6. The number of hydrogen-bond acceptors (Lipinski definition) is 2. The van der Waals surface area contributed by atoms with Crippen LogP contribution in [0.15, 0.2) is 66.0 Å². The van der Waals surface area contributed by atoms with Gasteiger partial charge in [-0.2, -0.15) is 0 Å². The van der Waals surface area contributed by atoms with Crippen LogP contribution in [-0.2, 0) is 6.42 Å². The molecule has 0 unspecified atom stereocenters. The molecule has 178 valence electrons. The van der Waals surface area contributed by atoms with Crippen molar-refractivity contribution in [3.05, 3.63) is 70.9 Å². The molecule has 0 spiro atoms. The molecule has 0 nitrogen and oxygen atoms in total. The van der Waals surface area contributed by atoms with Crippen molar-refractivity contribution in [2.24, 2.45) is 0 Å². The Balaban J connectivity index is 1.22. The van der Waals surface area contributed by atoms with Gasteiger partial charge >= 0.3 is 0 Å². The fourth-order valence-corrected chi connectivity index (χ4v) is 7.59. The van der Waals surface area contributed by atoms with Crippen molar-refractivity contribution in [1.29, 1.82) is 0 Å². The Labute approximate surface area is 216 Å². The first-order valence-corrected chi connectivity index (χ1v) is 15.2. The molecule has 0 amide bonds. The fourth-order valence-electron chi connectivity index (χ4n) is 5.66. The molecule has 0 saturated carbocycles. The van der Waals surface area contributed by atoms with E-state index in [1.807, 2.05) is 22.7 Å². The summed E-state index contributed by atoms with van der Waals surface area (Å²) >= 11 is 3.84. The van der Waals surface area contributed by atoms with Crippen LogP contribution in [0, 0.1) is 0 Å².